The van der Waals surface area contributed by atoms with Crippen LogP contribution in [0.1, 0.15) is 11.1 Å². The number of hydrogen-bond donors (Lipinski definition) is 4. The van der Waals surface area contributed by atoms with E-state index in [0.717, 1.165) is 11.1 Å². The third-order valence-corrected chi connectivity index (χ3v) is 4.79. The van der Waals surface area contributed by atoms with Crippen molar-refractivity contribution in [3.8, 4) is 0 Å². The molecule has 3 aromatic carbocycles. The summed E-state index contributed by atoms with van der Waals surface area (Å²) in [6, 6.07) is 25.3. The van der Waals surface area contributed by atoms with Crippen molar-refractivity contribution in [2.75, 3.05) is 16.0 Å². The molecular formula is C25H24N6O2. The number of aromatic nitrogens is 2. The first-order chi connectivity index (χ1) is 16.1. The van der Waals surface area contributed by atoms with Crippen LogP contribution in [-0.4, -0.2) is 21.8 Å². The van der Waals surface area contributed by atoms with E-state index in [1.807, 2.05) is 59.4 Å². The minimum atomic E-state index is -0.362. The highest BCUT2D eigenvalue weighted by atomic mass is 16.2. The van der Waals surface area contributed by atoms with Gasteiger partial charge in [0.05, 0.1) is 6.54 Å². The van der Waals surface area contributed by atoms with Gasteiger partial charge in [0.1, 0.15) is 0 Å². The number of urea groups is 2. The zero-order chi connectivity index (χ0) is 22.9. The summed E-state index contributed by atoms with van der Waals surface area (Å²) < 4.78 is 1.86. The Morgan fingerprint density at radius 1 is 0.697 bits per heavy atom. The highest BCUT2D eigenvalue weighted by Crippen LogP contribution is 2.16. The molecular weight excluding hydrogens is 416 g/mol. The van der Waals surface area contributed by atoms with Gasteiger partial charge in [-0.1, -0.05) is 48.5 Å². The highest BCUT2D eigenvalue weighted by Gasteiger charge is 2.06. The van der Waals surface area contributed by atoms with Crippen molar-refractivity contribution in [2.45, 2.75) is 13.1 Å². The molecule has 33 heavy (non-hydrogen) atoms. The summed E-state index contributed by atoms with van der Waals surface area (Å²) in [5.41, 5.74) is 3.95. The summed E-state index contributed by atoms with van der Waals surface area (Å²) in [6.45, 7) is 1.10. The van der Waals surface area contributed by atoms with Crippen molar-refractivity contribution < 1.29 is 9.59 Å². The number of rotatable bonds is 7. The third kappa shape index (κ3) is 6.70. The molecule has 4 aromatic rings. The number of amides is 4. The van der Waals surface area contributed by atoms with Crippen LogP contribution in [0.15, 0.2) is 97.3 Å². The topological polar surface area (TPSA) is 100 Å². The number of para-hydroxylation sites is 1. The molecule has 0 aliphatic rings. The molecule has 0 fully saturated rings. The van der Waals surface area contributed by atoms with Crippen LogP contribution in [0.3, 0.4) is 0 Å². The van der Waals surface area contributed by atoms with Gasteiger partial charge in [-0.2, -0.15) is 5.10 Å². The largest absolute Gasteiger partial charge is 0.334 e. The van der Waals surface area contributed by atoms with E-state index < -0.39 is 0 Å². The first-order valence-electron chi connectivity index (χ1n) is 10.5. The average Bonchev–Trinajstić information content (AvgIpc) is 3.32. The first kappa shape index (κ1) is 21.6. The van der Waals surface area contributed by atoms with Gasteiger partial charge in [0.15, 0.2) is 0 Å². The Balaban J connectivity index is 1.25. The van der Waals surface area contributed by atoms with E-state index in [-0.39, 0.29) is 12.1 Å². The van der Waals surface area contributed by atoms with Gasteiger partial charge in [-0.3, -0.25) is 4.68 Å². The second-order valence-corrected chi connectivity index (χ2v) is 7.35. The number of hydrogen-bond acceptors (Lipinski definition) is 3. The molecule has 166 valence electrons. The summed E-state index contributed by atoms with van der Waals surface area (Å²) in [4.78, 5) is 24.5. The van der Waals surface area contributed by atoms with Crippen LogP contribution < -0.4 is 21.3 Å². The summed E-state index contributed by atoms with van der Waals surface area (Å²) in [6.07, 6.45) is 3.67. The normalized spacial score (nSPS) is 10.3. The minimum absolute atomic E-state index is 0.332. The van der Waals surface area contributed by atoms with Crippen LogP contribution >= 0.6 is 0 Å². The number of carbonyl (C=O) groups is 2. The van der Waals surface area contributed by atoms with E-state index in [1.54, 1.807) is 42.6 Å². The molecule has 8 heteroatoms. The lowest BCUT2D eigenvalue weighted by Crippen LogP contribution is -2.28. The van der Waals surface area contributed by atoms with Gasteiger partial charge in [0, 0.05) is 36.0 Å². The summed E-state index contributed by atoms with van der Waals surface area (Å²) in [5, 5.41) is 15.3. The van der Waals surface area contributed by atoms with Gasteiger partial charge in [0.2, 0.25) is 0 Å². The Bertz CT molecular complexity index is 1190. The smallest absolute Gasteiger partial charge is 0.323 e. The summed E-state index contributed by atoms with van der Waals surface area (Å²) >= 11 is 0. The molecule has 0 unspecified atom stereocenters. The number of anilines is 3. The first-order valence-corrected chi connectivity index (χ1v) is 10.5. The maximum Gasteiger partial charge on any atom is 0.323 e. The summed E-state index contributed by atoms with van der Waals surface area (Å²) in [7, 11) is 0. The number of benzene rings is 3. The molecule has 4 amide bonds. The zero-order valence-electron chi connectivity index (χ0n) is 17.9. The molecule has 0 aliphatic heterocycles. The molecule has 0 radical (unpaired) electrons. The summed E-state index contributed by atoms with van der Waals surface area (Å²) in [5.74, 6) is 0. The van der Waals surface area contributed by atoms with Crippen molar-refractivity contribution in [2.24, 2.45) is 0 Å². The molecule has 0 saturated carbocycles. The van der Waals surface area contributed by atoms with E-state index in [1.165, 1.54) is 0 Å². The maximum absolute atomic E-state index is 12.3. The second-order valence-electron chi connectivity index (χ2n) is 7.35. The molecule has 1 heterocycles. The van der Waals surface area contributed by atoms with Crippen molar-refractivity contribution in [1.82, 2.24) is 15.1 Å². The molecule has 4 N–H and O–H groups in total. The van der Waals surface area contributed by atoms with Crippen LogP contribution in [0.2, 0.25) is 0 Å². The van der Waals surface area contributed by atoms with Crippen LogP contribution in [-0.2, 0) is 13.1 Å². The molecule has 0 atom stereocenters. The fourth-order valence-electron chi connectivity index (χ4n) is 3.19. The Labute approximate surface area is 191 Å². The Hall–Kier alpha value is -4.59. The van der Waals surface area contributed by atoms with Gasteiger partial charge in [0.25, 0.3) is 0 Å². The van der Waals surface area contributed by atoms with E-state index in [0.29, 0.717) is 30.2 Å². The zero-order valence-corrected chi connectivity index (χ0v) is 17.9. The van der Waals surface area contributed by atoms with E-state index >= 15 is 0 Å². The lowest BCUT2D eigenvalue weighted by atomic mass is 10.1. The molecule has 4 rings (SSSR count). The van der Waals surface area contributed by atoms with Gasteiger partial charge in [-0.25, -0.2) is 9.59 Å². The lowest BCUT2D eigenvalue weighted by Gasteiger charge is -2.11. The number of nitrogens with one attached hydrogen (secondary N) is 4. The highest BCUT2D eigenvalue weighted by molar-refractivity contribution is 6.00. The second kappa shape index (κ2) is 10.6. The quantitative estimate of drug-likeness (QED) is 0.329. The number of carbonyl (C=O) groups excluding carboxylic acids is 2. The van der Waals surface area contributed by atoms with Gasteiger partial charge < -0.3 is 21.3 Å². The van der Waals surface area contributed by atoms with Gasteiger partial charge >= 0.3 is 12.1 Å². The van der Waals surface area contributed by atoms with Crippen molar-refractivity contribution in [1.29, 1.82) is 0 Å². The van der Waals surface area contributed by atoms with Crippen molar-refractivity contribution in [3.05, 3.63) is 108 Å². The van der Waals surface area contributed by atoms with E-state index in [4.69, 9.17) is 0 Å². The monoisotopic (exact) mass is 440 g/mol. The Morgan fingerprint density at radius 2 is 1.33 bits per heavy atom. The fourth-order valence-corrected chi connectivity index (χ4v) is 3.19. The maximum atomic E-state index is 12.3. The number of nitrogens with zero attached hydrogens (tertiary/aromatic N) is 2. The molecule has 0 spiro atoms. The standard InChI is InChI=1S/C25H24N6O2/c32-24(26-17-19-10-12-20(13-11-19)18-31-15-5-14-27-31)29-22-8-4-9-23(16-22)30-25(33)28-21-6-2-1-3-7-21/h1-16H,17-18H2,(H2,26,29,32)(H2,28,30,33). The Kier molecular flexibility index (Phi) is 6.97. The van der Waals surface area contributed by atoms with Crippen LogP contribution in [0.4, 0.5) is 26.7 Å². The van der Waals surface area contributed by atoms with Crippen LogP contribution in [0, 0.1) is 0 Å². The molecule has 0 saturated heterocycles. The van der Waals surface area contributed by atoms with Gasteiger partial charge in [-0.05, 0) is 47.5 Å². The molecule has 0 bridgehead atoms. The molecule has 0 aliphatic carbocycles. The molecule has 8 nitrogen and oxygen atoms in total. The van der Waals surface area contributed by atoms with Gasteiger partial charge in [-0.15, -0.1) is 0 Å². The lowest BCUT2D eigenvalue weighted by molar-refractivity contribution is 0.251. The fraction of sp³-hybridized carbons (Fsp3) is 0.0800. The predicted octanol–water partition coefficient (Wildman–Crippen LogP) is 4.90. The minimum Gasteiger partial charge on any atom is -0.334 e. The third-order valence-electron chi connectivity index (χ3n) is 4.79. The van der Waals surface area contributed by atoms with E-state index in [9.17, 15) is 9.59 Å². The average molecular weight is 441 g/mol. The van der Waals surface area contributed by atoms with Crippen LogP contribution in [0.5, 0.6) is 0 Å². The van der Waals surface area contributed by atoms with E-state index in [2.05, 4.69) is 26.4 Å². The predicted molar refractivity (Wildman–Crippen MR) is 129 cm³/mol. The van der Waals surface area contributed by atoms with Crippen molar-refractivity contribution >= 4 is 29.1 Å². The Morgan fingerprint density at radius 3 is 2.03 bits per heavy atom. The van der Waals surface area contributed by atoms with Crippen molar-refractivity contribution in [3.63, 3.8) is 0 Å². The SMILES string of the molecule is O=C(NCc1ccc(Cn2cccn2)cc1)Nc1cccc(NC(=O)Nc2ccccc2)c1. The van der Waals surface area contributed by atoms with Crippen LogP contribution in [0.25, 0.3) is 0 Å². The molecule has 1 aromatic heterocycles.